The van der Waals surface area contributed by atoms with E-state index in [9.17, 15) is 4.79 Å². The van der Waals surface area contributed by atoms with Crippen molar-refractivity contribution < 1.29 is 9.53 Å². The third-order valence-corrected chi connectivity index (χ3v) is 8.03. The van der Waals surface area contributed by atoms with Gasteiger partial charge in [0.05, 0.1) is 10.7 Å². The van der Waals surface area contributed by atoms with Gasteiger partial charge < -0.3 is 9.30 Å². The maximum absolute atomic E-state index is 12.6. The third kappa shape index (κ3) is 5.57. The summed E-state index contributed by atoms with van der Waals surface area (Å²) in [5.74, 6) is 0.606. The summed E-state index contributed by atoms with van der Waals surface area (Å²) >= 11 is 7.21. The number of ether oxygens (including phenoxy) is 1. The van der Waals surface area contributed by atoms with Gasteiger partial charge in [0.15, 0.2) is 6.61 Å². The lowest BCUT2D eigenvalue weighted by atomic mass is 10.0. The fraction of sp³-hybridized carbons (Fsp3) is 0.241. The van der Waals surface area contributed by atoms with E-state index in [1.807, 2.05) is 31.2 Å². The Labute approximate surface area is 228 Å². The molecule has 1 aromatic heterocycles. The van der Waals surface area contributed by atoms with Gasteiger partial charge in [-0.2, -0.15) is 5.10 Å². The number of carbonyl (C=O) groups excluding carboxylic acids is 1. The van der Waals surface area contributed by atoms with Crippen LogP contribution in [0.4, 0.5) is 0 Å². The first-order valence-electron chi connectivity index (χ1n) is 11.8. The number of hydrogen-bond donors (Lipinski definition) is 1. The zero-order chi connectivity index (χ0) is 25.8. The van der Waals surface area contributed by atoms with Crippen LogP contribution in [0.2, 0.25) is 0 Å². The number of hydrazone groups is 1. The molecule has 0 saturated carbocycles. The Morgan fingerprint density at radius 1 is 1.08 bits per heavy atom. The van der Waals surface area contributed by atoms with E-state index in [0.29, 0.717) is 5.75 Å². The summed E-state index contributed by atoms with van der Waals surface area (Å²) in [7, 11) is 0. The van der Waals surface area contributed by atoms with Crippen LogP contribution >= 0.6 is 31.9 Å². The summed E-state index contributed by atoms with van der Waals surface area (Å²) < 4.78 is 10.1. The molecule has 0 atom stereocenters. The Kier molecular flexibility index (Phi) is 8.32. The summed E-state index contributed by atoms with van der Waals surface area (Å²) in [5.41, 5.74) is 9.10. The zero-order valence-electron chi connectivity index (χ0n) is 20.8. The van der Waals surface area contributed by atoms with Crippen LogP contribution in [0.1, 0.15) is 47.7 Å². The lowest BCUT2D eigenvalue weighted by Gasteiger charge is -2.18. The summed E-state index contributed by atoms with van der Waals surface area (Å²) in [4.78, 5) is 12.6. The predicted molar refractivity (Wildman–Crippen MR) is 154 cm³/mol. The van der Waals surface area contributed by atoms with Crippen molar-refractivity contribution in [1.29, 1.82) is 0 Å². The Bertz CT molecular complexity index is 1430. The molecule has 4 rings (SSSR count). The van der Waals surface area contributed by atoms with E-state index >= 15 is 0 Å². The number of halogens is 2. The van der Waals surface area contributed by atoms with Crippen LogP contribution in [0.15, 0.2) is 74.7 Å². The molecule has 4 aromatic rings. The molecule has 7 heteroatoms. The first-order chi connectivity index (χ1) is 17.3. The van der Waals surface area contributed by atoms with Gasteiger partial charge in [-0.25, -0.2) is 5.43 Å². The molecule has 0 unspecified atom stereocenters. The first kappa shape index (κ1) is 26.2. The van der Waals surface area contributed by atoms with Gasteiger partial charge >= 0.3 is 0 Å². The van der Waals surface area contributed by atoms with E-state index in [1.165, 1.54) is 5.56 Å². The average Bonchev–Trinajstić information content (AvgIpc) is 3.13. The molecular weight excluding hydrogens is 582 g/mol. The SMILES string of the molecule is Cc1c(Br)cc(C(C)C)c(OCC(=O)N/N=C/c2c(C)n(Cc3ccccc3)c3ccccc23)c1Br. The number of fused-ring (bicyclic) bond motifs is 1. The minimum atomic E-state index is -0.320. The van der Waals surface area contributed by atoms with E-state index in [4.69, 9.17) is 4.74 Å². The topological polar surface area (TPSA) is 55.6 Å². The van der Waals surface area contributed by atoms with Gasteiger partial charge in [-0.15, -0.1) is 0 Å². The summed E-state index contributed by atoms with van der Waals surface area (Å²) in [5, 5.41) is 5.35. The molecule has 0 fully saturated rings. The number of benzene rings is 3. The van der Waals surface area contributed by atoms with E-state index < -0.39 is 0 Å². The van der Waals surface area contributed by atoms with Crippen LogP contribution in [0.3, 0.4) is 0 Å². The minimum Gasteiger partial charge on any atom is -0.482 e. The van der Waals surface area contributed by atoms with E-state index in [-0.39, 0.29) is 18.4 Å². The van der Waals surface area contributed by atoms with Gasteiger partial charge in [0.25, 0.3) is 5.91 Å². The minimum absolute atomic E-state index is 0.133. The maximum atomic E-state index is 12.6. The maximum Gasteiger partial charge on any atom is 0.277 e. The average molecular weight is 611 g/mol. The third-order valence-electron chi connectivity index (χ3n) is 6.25. The molecule has 3 aromatic carbocycles. The second-order valence-electron chi connectivity index (χ2n) is 9.04. The molecule has 5 nitrogen and oxygen atoms in total. The zero-order valence-corrected chi connectivity index (χ0v) is 24.0. The van der Waals surface area contributed by atoms with Crippen LogP contribution < -0.4 is 10.2 Å². The van der Waals surface area contributed by atoms with Gasteiger partial charge in [-0.05, 0) is 64.5 Å². The second kappa shape index (κ2) is 11.4. The van der Waals surface area contributed by atoms with Crippen molar-refractivity contribution in [3.63, 3.8) is 0 Å². The van der Waals surface area contributed by atoms with Crippen LogP contribution in [0, 0.1) is 13.8 Å². The predicted octanol–water partition coefficient (Wildman–Crippen LogP) is 7.48. The molecular formula is C29H29Br2N3O2. The van der Waals surface area contributed by atoms with Gasteiger partial charge in [-0.1, -0.05) is 78.3 Å². The van der Waals surface area contributed by atoms with Gasteiger partial charge in [0, 0.05) is 33.2 Å². The van der Waals surface area contributed by atoms with Crippen molar-refractivity contribution in [3.05, 3.63) is 97.6 Å². The Hall–Kier alpha value is -2.90. The molecule has 0 spiro atoms. The largest absolute Gasteiger partial charge is 0.482 e. The molecule has 0 bridgehead atoms. The number of nitrogens with one attached hydrogen (secondary N) is 1. The number of hydrogen-bond acceptors (Lipinski definition) is 3. The van der Waals surface area contributed by atoms with Gasteiger partial charge in [0.1, 0.15) is 5.75 Å². The number of para-hydroxylation sites is 1. The normalized spacial score (nSPS) is 11.5. The summed E-state index contributed by atoms with van der Waals surface area (Å²) in [6, 6.07) is 20.7. The van der Waals surface area contributed by atoms with Crippen molar-refractivity contribution >= 4 is 54.9 Å². The smallest absolute Gasteiger partial charge is 0.277 e. The van der Waals surface area contributed by atoms with Crippen molar-refractivity contribution in [2.24, 2.45) is 5.10 Å². The number of rotatable bonds is 8. The van der Waals surface area contributed by atoms with E-state index in [1.54, 1.807) is 6.21 Å². The van der Waals surface area contributed by atoms with Crippen molar-refractivity contribution in [2.75, 3.05) is 6.61 Å². The fourth-order valence-electron chi connectivity index (χ4n) is 4.22. The standard InChI is InChI=1S/C29H29Br2N3O2/c1-18(2)23-14-25(30)19(3)28(31)29(23)36-17-27(35)33-32-15-24-20(4)34(16-21-10-6-5-7-11-21)26-13-9-8-12-22(24)26/h5-15,18H,16-17H2,1-4H3,(H,33,35)/b32-15+. The lowest BCUT2D eigenvalue weighted by Crippen LogP contribution is -2.25. The molecule has 36 heavy (non-hydrogen) atoms. The van der Waals surface area contributed by atoms with Crippen LogP contribution in [0.5, 0.6) is 5.75 Å². The molecule has 0 aliphatic heterocycles. The number of nitrogens with zero attached hydrogens (tertiary/aromatic N) is 2. The van der Waals surface area contributed by atoms with Crippen molar-refractivity contribution in [2.45, 2.75) is 40.2 Å². The molecule has 1 amide bonds. The molecule has 0 saturated heterocycles. The van der Waals surface area contributed by atoms with E-state index in [2.05, 4.69) is 104 Å². The highest BCUT2D eigenvalue weighted by molar-refractivity contribution is 9.11. The Balaban J connectivity index is 1.50. The van der Waals surface area contributed by atoms with Crippen LogP contribution in [-0.4, -0.2) is 23.3 Å². The fourth-order valence-corrected chi connectivity index (χ4v) is 5.48. The Morgan fingerprint density at radius 3 is 2.50 bits per heavy atom. The monoisotopic (exact) mass is 609 g/mol. The molecule has 186 valence electrons. The molecule has 1 heterocycles. The second-order valence-corrected chi connectivity index (χ2v) is 10.7. The van der Waals surface area contributed by atoms with Gasteiger partial charge in [0.2, 0.25) is 0 Å². The highest BCUT2D eigenvalue weighted by atomic mass is 79.9. The van der Waals surface area contributed by atoms with Gasteiger partial charge in [-0.3, -0.25) is 4.79 Å². The highest BCUT2D eigenvalue weighted by Crippen LogP contribution is 2.40. The molecule has 0 aliphatic rings. The number of aromatic nitrogens is 1. The summed E-state index contributed by atoms with van der Waals surface area (Å²) in [6.07, 6.45) is 1.72. The first-order valence-corrected chi connectivity index (χ1v) is 13.4. The van der Waals surface area contributed by atoms with Crippen LogP contribution in [0.25, 0.3) is 10.9 Å². The molecule has 1 N–H and O–H groups in total. The van der Waals surface area contributed by atoms with Crippen molar-refractivity contribution in [3.8, 4) is 5.75 Å². The summed E-state index contributed by atoms with van der Waals surface area (Å²) in [6.45, 7) is 8.89. The lowest BCUT2D eigenvalue weighted by molar-refractivity contribution is -0.123. The molecule has 0 radical (unpaired) electrons. The van der Waals surface area contributed by atoms with E-state index in [0.717, 1.165) is 48.8 Å². The van der Waals surface area contributed by atoms with Crippen LogP contribution in [-0.2, 0) is 11.3 Å². The molecule has 0 aliphatic carbocycles. The number of carbonyl (C=O) groups is 1. The number of amides is 1. The highest BCUT2D eigenvalue weighted by Gasteiger charge is 2.18. The Morgan fingerprint density at radius 2 is 1.78 bits per heavy atom. The van der Waals surface area contributed by atoms with Crippen molar-refractivity contribution in [1.82, 2.24) is 9.99 Å². The quantitative estimate of drug-likeness (QED) is 0.166.